The number of hydrazone groups is 1. The van der Waals surface area contributed by atoms with Crippen LogP contribution in [0.2, 0.25) is 5.02 Å². The highest BCUT2D eigenvalue weighted by Crippen LogP contribution is 2.35. The first kappa shape index (κ1) is 11.7. The number of rotatable bonds is 4. The molecule has 0 saturated heterocycles. The molecule has 0 heterocycles. The van der Waals surface area contributed by atoms with Crippen LogP contribution < -0.4 is 15.3 Å². The topological polar surface area (TPSA) is 56.8 Å². The van der Waals surface area contributed by atoms with Crippen molar-refractivity contribution in [2.45, 2.75) is 6.92 Å². The van der Waals surface area contributed by atoms with E-state index in [4.69, 9.17) is 26.9 Å². The van der Waals surface area contributed by atoms with E-state index >= 15 is 0 Å². The summed E-state index contributed by atoms with van der Waals surface area (Å²) in [7, 11) is 1.54. The van der Waals surface area contributed by atoms with E-state index < -0.39 is 0 Å². The zero-order valence-corrected chi connectivity index (χ0v) is 9.41. The number of nitrogens with zero attached hydrogens (tertiary/aromatic N) is 1. The van der Waals surface area contributed by atoms with Gasteiger partial charge in [0.1, 0.15) is 0 Å². The lowest BCUT2D eigenvalue weighted by atomic mass is 10.2. The van der Waals surface area contributed by atoms with E-state index in [1.54, 1.807) is 19.2 Å². The number of ether oxygens (including phenoxy) is 2. The molecule has 0 aliphatic carbocycles. The van der Waals surface area contributed by atoms with Crippen LogP contribution in [0, 0.1) is 0 Å². The third-order valence-corrected chi connectivity index (χ3v) is 2.04. The fraction of sp³-hybridized carbons (Fsp3) is 0.300. The van der Waals surface area contributed by atoms with Crippen LogP contribution in [0.5, 0.6) is 11.5 Å². The highest BCUT2D eigenvalue weighted by molar-refractivity contribution is 6.32. The lowest BCUT2D eigenvalue weighted by molar-refractivity contribution is 0.311. The summed E-state index contributed by atoms with van der Waals surface area (Å²) in [5.74, 6) is 6.17. The third kappa shape index (κ3) is 2.76. The fourth-order valence-corrected chi connectivity index (χ4v) is 1.51. The van der Waals surface area contributed by atoms with Crippen molar-refractivity contribution in [1.82, 2.24) is 0 Å². The number of halogens is 1. The molecule has 15 heavy (non-hydrogen) atoms. The maximum absolute atomic E-state index is 6.00. The molecule has 0 amide bonds. The fourth-order valence-electron chi connectivity index (χ4n) is 1.21. The Kier molecular flexibility index (Phi) is 4.24. The molecule has 0 radical (unpaired) electrons. The summed E-state index contributed by atoms with van der Waals surface area (Å²) in [6.07, 6.45) is 1.49. The molecule has 0 aliphatic rings. The minimum atomic E-state index is 0.471. The van der Waals surface area contributed by atoms with Crippen LogP contribution >= 0.6 is 11.6 Å². The summed E-state index contributed by atoms with van der Waals surface area (Å²) in [4.78, 5) is 0. The summed E-state index contributed by atoms with van der Waals surface area (Å²) >= 11 is 6.00. The number of hydrogen-bond donors (Lipinski definition) is 1. The van der Waals surface area contributed by atoms with Gasteiger partial charge in [0.05, 0.1) is 25.0 Å². The molecule has 1 rings (SSSR count). The smallest absolute Gasteiger partial charge is 0.179 e. The highest BCUT2D eigenvalue weighted by atomic mass is 35.5. The van der Waals surface area contributed by atoms with Crippen LogP contribution in [0.4, 0.5) is 0 Å². The summed E-state index contributed by atoms with van der Waals surface area (Å²) < 4.78 is 10.5. The summed E-state index contributed by atoms with van der Waals surface area (Å²) in [6.45, 7) is 2.42. The largest absolute Gasteiger partial charge is 0.491 e. The molecule has 0 fully saturated rings. The molecule has 4 nitrogen and oxygen atoms in total. The summed E-state index contributed by atoms with van der Waals surface area (Å²) in [5, 5.41) is 3.89. The first-order valence-electron chi connectivity index (χ1n) is 4.46. The Morgan fingerprint density at radius 2 is 2.27 bits per heavy atom. The van der Waals surface area contributed by atoms with Crippen molar-refractivity contribution >= 4 is 17.8 Å². The normalized spacial score (nSPS) is 10.6. The van der Waals surface area contributed by atoms with Gasteiger partial charge in [-0.15, -0.1) is 0 Å². The highest BCUT2D eigenvalue weighted by Gasteiger charge is 2.10. The van der Waals surface area contributed by atoms with Crippen LogP contribution in [-0.2, 0) is 0 Å². The quantitative estimate of drug-likeness (QED) is 0.488. The second kappa shape index (κ2) is 5.46. The Balaban J connectivity index is 3.18. The number of benzene rings is 1. The van der Waals surface area contributed by atoms with E-state index in [9.17, 15) is 0 Å². The van der Waals surface area contributed by atoms with Gasteiger partial charge in [-0.1, -0.05) is 11.6 Å². The van der Waals surface area contributed by atoms with Gasteiger partial charge in [-0.25, -0.2) is 0 Å². The van der Waals surface area contributed by atoms with Crippen LogP contribution in [-0.4, -0.2) is 19.9 Å². The molecule has 0 atom stereocenters. The minimum absolute atomic E-state index is 0.471. The van der Waals surface area contributed by atoms with Gasteiger partial charge in [0.2, 0.25) is 0 Å². The van der Waals surface area contributed by atoms with Crippen LogP contribution in [0.15, 0.2) is 17.2 Å². The first-order chi connectivity index (χ1) is 7.22. The van der Waals surface area contributed by atoms with Gasteiger partial charge < -0.3 is 15.3 Å². The van der Waals surface area contributed by atoms with E-state index in [-0.39, 0.29) is 0 Å². The van der Waals surface area contributed by atoms with Gasteiger partial charge in [-0.3, -0.25) is 0 Å². The third-order valence-electron chi connectivity index (χ3n) is 1.76. The Morgan fingerprint density at radius 3 is 2.80 bits per heavy atom. The van der Waals surface area contributed by atoms with E-state index in [2.05, 4.69) is 5.10 Å². The second-order valence-corrected chi connectivity index (χ2v) is 3.15. The molecule has 1 aromatic rings. The van der Waals surface area contributed by atoms with Gasteiger partial charge >= 0.3 is 0 Å². The molecule has 0 aliphatic heterocycles. The van der Waals surface area contributed by atoms with Gasteiger partial charge in [0, 0.05) is 0 Å². The predicted octanol–water partition coefficient (Wildman–Crippen LogP) is 2.04. The Labute approximate surface area is 93.6 Å². The molecule has 5 heteroatoms. The van der Waals surface area contributed by atoms with Crippen molar-refractivity contribution in [3.63, 3.8) is 0 Å². The number of methoxy groups -OCH3 is 1. The molecular weight excluding hydrogens is 216 g/mol. The SMILES string of the molecule is CCOc1cc(/C=N\N)cc(Cl)c1OC. The summed E-state index contributed by atoms with van der Waals surface area (Å²) in [6, 6.07) is 3.48. The lowest BCUT2D eigenvalue weighted by Crippen LogP contribution is -1.98. The van der Waals surface area contributed by atoms with Crippen molar-refractivity contribution in [3.05, 3.63) is 22.7 Å². The lowest BCUT2D eigenvalue weighted by Gasteiger charge is -2.11. The van der Waals surface area contributed by atoms with Gasteiger partial charge in [0.25, 0.3) is 0 Å². The summed E-state index contributed by atoms with van der Waals surface area (Å²) in [5.41, 5.74) is 0.770. The molecule has 0 bridgehead atoms. The molecule has 0 unspecified atom stereocenters. The second-order valence-electron chi connectivity index (χ2n) is 2.75. The number of hydrogen-bond acceptors (Lipinski definition) is 4. The minimum Gasteiger partial charge on any atom is -0.491 e. The van der Waals surface area contributed by atoms with E-state index in [1.165, 1.54) is 6.21 Å². The van der Waals surface area contributed by atoms with E-state index in [1.807, 2.05) is 6.92 Å². The molecule has 0 saturated carbocycles. The first-order valence-corrected chi connectivity index (χ1v) is 4.84. The average Bonchev–Trinajstić information content (AvgIpc) is 2.18. The molecular formula is C10H13ClN2O2. The zero-order valence-electron chi connectivity index (χ0n) is 8.66. The maximum Gasteiger partial charge on any atom is 0.179 e. The van der Waals surface area contributed by atoms with E-state index in [0.29, 0.717) is 23.1 Å². The van der Waals surface area contributed by atoms with E-state index in [0.717, 1.165) is 5.56 Å². The van der Waals surface area contributed by atoms with Crippen molar-refractivity contribution < 1.29 is 9.47 Å². The van der Waals surface area contributed by atoms with Gasteiger partial charge in [-0.2, -0.15) is 5.10 Å². The molecule has 1 aromatic carbocycles. The standard InChI is InChI=1S/C10H13ClN2O2/c1-3-15-9-5-7(6-13-12)4-8(11)10(9)14-2/h4-6H,3,12H2,1-2H3/b13-6-. The van der Waals surface area contributed by atoms with Gasteiger partial charge in [0.15, 0.2) is 11.5 Å². The molecule has 2 N–H and O–H groups in total. The molecule has 82 valence electrons. The van der Waals surface area contributed by atoms with Crippen molar-refractivity contribution in [1.29, 1.82) is 0 Å². The van der Waals surface area contributed by atoms with Crippen molar-refractivity contribution in [3.8, 4) is 11.5 Å². The van der Waals surface area contributed by atoms with Crippen molar-refractivity contribution in [2.24, 2.45) is 10.9 Å². The maximum atomic E-state index is 6.00. The Morgan fingerprint density at radius 1 is 1.53 bits per heavy atom. The predicted molar refractivity (Wildman–Crippen MR) is 61.0 cm³/mol. The zero-order chi connectivity index (χ0) is 11.3. The van der Waals surface area contributed by atoms with Gasteiger partial charge in [-0.05, 0) is 24.6 Å². The monoisotopic (exact) mass is 228 g/mol. The van der Waals surface area contributed by atoms with Crippen LogP contribution in [0.1, 0.15) is 12.5 Å². The molecule has 0 aromatic heterocycles. The Hall–Kier alpha value is -1.42. The van der Waals surface area contributed by atoms with Crippen molar-refractivity contribution in [2.75, 3.05) is 13.7 Å². The molecule has 0 spiro atoms. The van der Waals surface area contributed by atoms with Crippen LogP contribution in [0.25, 0.3) is 0 Å². The average molecular weight is 229 g/mol. The number of nitrogens with two attached hydrogens (primary N) is 1. The Bertz CT molecular complexity index is 367. The van der Waals surface area contributed by atoms with Crippen LogP contribution in [0.3, 0.4) is 0 Å².